The van der Waals surface area contributed by atoms with Crippen molar-refractivity contribution in [2.24, 2.45) is 0 Å². The minimum absolute atomic E-state index is 0.142. The quantitative estimate of drug-likeness (QED) is 0.447. The first-order valence-electron chi connectivity index (χ1n) is 7.09. The summed E-state index contributed by atoms with van der Waals surface area (Å²) in [5.41, 5.74) is 1.02. The number of ether oxygens (including phenoxy) is 1. The minimum atomic E-state index is -1.08. The molecule has 0 bridgehead atoms. The summed E-state index contributed by atoms with van der Waals surface area (Å²) >= 11 is -1.08. The number of hydrogen-bond acceptors (Lipinski definition) is 4. The van der Waals surface area contributed by atoms with Crippen molar-refractivity contribution >= 4 is 35.6 Å². The number of benzene rings is 1. The molecule has 0 spiro atoms. The third-order valence-corrected chi connectivity index (χ3v) is 5.73. The van der Waals surface area contributed by atoms with Crippen molar-refractivity contribution in [3.05, 3.63) is 33.7 Å². The van der Waals surface area contributed by atoms with Gasteiger partial charge in [0, 0.05) is 0 Å². The number of esters is 1. The van der Waals surface area contributed by atoms with Crippen molar-refractivity contribution in [2.75, 3.05) is 6.61 Å². The second-order valence-electron chi connectivity index (χ2n) is 6.09. The van der Waals surface area contributed by atoms with Crippen molar-refractivity contribution in [1.29, 1.82) is 0 Å². The van der Waals surface area contributed by atoms with E-state index in [4.69, 9.17) is 7.49 Å². The van der Waals surface area contributed by atoms with E-state index in [1.165, 1.54) is 0 Å². The molecular weight excluding hydrogens is 384 g/mol. The van der Waals surface area contributed by atoms with E-state index in [1.807, 2.05) is 19.1 Å². The van der Waals surface area contributed by atoms with E-state index in [1.54, 1.807) is 0 Å². The Kier molecular flexibility index (Phi) is 4.95. The van der Waals surface area contributed by atoms with Crippen molar-refractivity contribution in [2.45, 2.75) is 46.0 Å². The first-order chi connectivity index (χ1) is 9.84. The SMILES string of the molecule is CCCCOC(=O)c1cc(C(C)(C)C)cc2c(=O)o[te]c12. The van der Waals surface area contributed by atoms with Crippen molar-refractivity contribution < 1.29 is 12.3 Å². The van der Waals surface area contributed by atoms with Gasteiger partial charge in [-0.3, -0.25) is 0 Å². The van der Waals surface area contributed by atoms with Crippen LogP contribution >= 0.6 is 0 Å². The van der Waals surface area contributed by atoms with Crippen LogP contribution in [0.15, 0.2) is 19.7 Å². The van der Waals surface area contributed by atoms with Crippen molar-refractivity contribution in [1.82, 2.24) is 0 Å². The molecule has 0 unspecified atom stereocenters. The van der Waals surface area contributed by atoms with Gasteiger partial charge in [-0.05, 0) is 0 Å². The zero-order valence-electron chi connectivity index (χ0n) is 12.8. The summed E-state index contributed by atoms with van der Waals surface area (Å²) in [7, 11) is 0. The monoisotopic (exact) mass is 406 g/mol. The van der Waals surface area contributed by atoms with Gasteiger partial charge in [0.15, 0.2) is 0 Å². The summed E-state index contributed by atoms with van der Waals surface area (Å²) in [4.78, 5) is 24.1. The third kappa shape index (κ3) is 3.59. The van der Waals surface area contributed by atoms with Gasteiger partial charge in [0.1, 0.15) is 0 Å². The first kappa shape index (κ1) is 16.3. The summed E-state index contributed by atoms with van der Waals surface area (Å²) < 4.78 is 11.3. The number of rotatable bonds is 4. The average molecular weight is 404 g/mol. The van der Waals surface area contributed by atoms with Gasteiger partial charge >= 0.3 is 134 Å². The number of carbonyl (C=O) groups excluding carboxylic acids is 1. The van der Waals surface area contributed by atoms with Gasteiger partial charge < -0.3 is 0 Å². The fourth-order valence-corrected chi connectivity index (χ4v) is 4.00. The van der Waals surface area contributed by atoms with Crippen LogP contribution in [0.2, 0.25) is 0 Å². The molecule has 0 aliphatic rings. The van der Waals surface area contributed by atoms with Gasteiger partial charge in [0.25, 0.3) is 0 Å². The molecule has 0 atom stereocenters. The van der Waals surface area contributed by atoms with E-state index >= 15 is 0 Å². The molecule has 0 fully saturated rings. The molecule has 0 amide bonds. The molecule has 0 saturated heterocycles. The zero-order valence-corrected chi connectivity index (χ0v) is 15.1. The predicted octanol–water partition coefficient (Wildman–Crippen LogP) is 3.10. The second-order valence-corrected chi connectivity index (χ2v) is 8.21. The van der Waals surface area contributed by atoms with Crippen LogP contribution in [0.5, 0.6) is 0 Å². The number of carbonyl (C=O) groups is 1. The summed E-state index contributed by atoms with van der Waals surface area (Å²) in [6.45, 7) is 8.62. The van der Waals surface area contributed by atoms with Crippen LogP contribution in [0, 0.1) is 0 Å². The third-order valence-electron chi connectivity index (χ3n) is 3.33. The molecule has 1 aromatic carbocycles. The summed E-state index contributed by atoms with van der Waals surface area (Å²) in [6, 6.07) is 3.72. The maximum atomic E-state index is 12.3. The van der Waals surface area contributed by atoms with Crippen molar-refractivity contribution in [3.63, 3.8) is 0 Å². The Bertz CT molecular complexity index is 703. The molecule has 21 heavy (non-hydrogen) atoms. The Morgan fingerprint density at radius 3 is 2.67 bits per heavy atom. The number of fused-ring (bicyclic) bond motifs is 1. The van der Waals surface area contributed by atoms with Crippen LogP contribution in [0.1, 0.15) is 56.5 Å². The van der Waals surface area contributed by atoms with Gasteiger partial charge in [0.05, 0.1) is 0 Å². The van der Waals surface area contributed by atoms with Gasteiger partial charge in [0.2, 0.25) is 0 Å². The van der Waals surface area contributed by atoms with Crippen LogP contribution < -0.4 is 5.63 Å². The van der Waals surface area contributed by atoms with E-state index < -0.39 is 20.9 Å². The zero-order chi connectivity index (χ0) is 15.6. The number of unbranched alkanes of at least 4 members (excludes halogenated alkanes) is 1. The number of hydrogen-bond donors (Lipinski definition) is 0. The van der Waals surface area contributed by atoms with Gasteiger partial charge in [-0.25, -0.2) is 0 Å². The van der Waals surface area contributed by atoms with E-state index in [9.17, 15) is 9.59 Å². The Morgan fingerprint density at radius 1 is 1.33 bits per heavy atom. The second kappa shape index (κ2) is 6.37. The molecule has 0 radical (unpaired) electrons. The first-order valence-corrected chi connectivity index (χ1v) is 9.20. The molecular formula is C16H20O4Te. The normalized spacial score (nSPS) is 11.8. The Morgan fingerprint density at radius 2 is 2.05 bits per heavy atom. The van der Waals surface area contributed by atoms with Gasteiger partial charge in [-0.15, -0.1) is 0 Å². The molecule has 2 rings (SSSR count). The van der Waals surface area contributed by atoms with Crippen LogP contribution in [-0.4, -0.2) is 33.4 Å². The Labute approximate surface area is 134 Å². The van der Waals surface area contributed by atoms with Crippen molar-refractivity contribution in [3.8, 4) is 0 Å². The van der Waals surface area contributed by atoms with E-state index in [2.05, 4.69) is 20.8 Å². The summed E-state index contributed by atoms with van der Waals surface area (Å²) in [6.07, 6.45) is 1.82. The molecule has 0 aliphatic heterocycles. The standard InChI is InChI=1S/C16H20O4Te/c1-5-6-7-19-14(17)11-8-10(16(2,3)4)9-12-13(11)21-20-15(12)18/h8-9H,5-7H2,1-4H3. The van der Waals surface area contributed by atoms with E-state index in [0.717, 1.165) is 21.8 Å². The fourth-order valence-electron chi connectivity index (χ4n) is 1.97. The summed E-state index contributed by atoms with van der Waals surface area (Å²) in [5.74, 6) is -0.339. The predicted molar refractivity (Wildman–Crippen MR) is 83.3 cm³/mol. The van der Waals surface area contributed by atoms with E-state index in [-0.39, 0.29) is 17.0 Å². The molecule has 0 N–H and O–H groups in total. The Hall–Kier alpha value is -1.05. The van der Waals surface area contributed by atoms with Crippen LogP contribution in [0.4, 0.5) is 0 Å². The van der Waals surface area contributed by atoms with Crippen LogP contribution in [0.25, 0.3) is 8.79 Å². The molecule has 0 saturated carbocycles. The molecule has 4 nitrogen and oxygen atoms in total. The molecule has 0 aliphatic carbocycles. The topological polar surface area (TPSA) is 56.5 Å². The van der Waals surface area contributed by atoms with Crippen LogP contribution in [-0.2, 0) is 10.2 Å². The molecule has 2 aromatic rings. The molecule has 5 heteroatoms. The summed E-state index contributed by atoms with van der Waals surface area (Å²) in [5, 5.41) is 0.548. The molecule has 114 valence electrons. The fraction of sp³-hybridized carbons (Fsp3) is 0.500. The Balaban J connectivity index is 2.50. The molecule has 1 aromatic heterocycles. The van der Waals surface area contributed by atoms with Crippen LogP contribution in [0.3, 0.4) is 0 Å². The molecule has 1 heterocycles. The average Bonchev–Trinajstić information content (AvgIpc) is 2.79. The van der Waals surface area contributed by atoms with Gasteiger partial charge in [-0.1, -0.05) is 0 Å². The maximum absolute atomic E-state index is 12.3. The van der Waals surface area contributed by atoms with Gasteiger partial charge in [-0.2, -0.15) is 0 Å². The van der Waals surface area contributed by atoms with E-state index in [0.29, 0.717) is 17.6 Å².